The molecule has 1 rings (SSSR count). The van der Waals surface area contributed by atoms with E-state index in [1.807, 2.05) is 6.92 Å². The lowest BCUT2D eigenvalue weighted by atomic mass is 10.3. The fourth-order valence-electron chi connectivity index (χ4n) is 0.750. The second kappa shape index (κ2) is 4.23. The van der Waals surface area contributed by atoms with Crippen LogP contribution in [0.5, 0.6) is 0 Å². The summed E-state index contributed by atoms with van der Waals surface area (Å²) in [5.41, 5.74) is 1.34. The zero-order chi connectivity index (χ0) is 9.84. The van der Waals surface area contributed by atoms with E-state index in [2.05, 4.69) is 38.0 Å². The first-order valence-electron chi connectivity index (χ1n) is 3.72. The number of carbonyl (C=O) groups excluding carboxylic acids is 1. The number of aromatic nitrogens is 2. The monoisotopic (exact) mass is 243 g/mol. The third-order valence-electron chi connectivity index (χ3n) is 1.37. The average molecular weight is 244 g/mol. The normalized spacial score (nSPS) is 9.69. The number of aromatic amines is 1. The van der Waals surface area contributed by atoms with Gasteiger partial charge in [-0.15, -0.1) is 0 Å². The van der Waals surface area contributed by atoms with Gasteiger partial charge in [-0.2, -0.15) is 5.10 Å². The molecule has 0 spiro atoms. The SMILES string of the molecule is C=C(C)CNC(=O)c1[nH]ncc1Br. The van der Waals surface area contributed by atoms with Crippen molar-refractivity contribution in [2.45, 2.75) is 6.92 Å². The first kappa shape index (κ1) is 9.98. The van der Waals surface area contributed by atoms with Gasteiger partial charge in [0.1, 0.15) is 5.69 Å². The summed E-state index contributed by atoms with van der Waals surface area (Å²) in [6.45, 7) is 6.00. The summed E-state index contributed by atoms with van der Waals surface area (Å²) in [4.78, 5) is 11.4. The van der Waals surface area contributed by atoms with Crippen molar-refractivity contribution in [3.05, 3.63) is 28.5 Å². The number of nitrogens with zero attached hydrogens (tertiary/aromatic N) is 1. The van der Waals surface area contributed by atoms with Crippen LogP contribution in [0.2, 0.25) is 0 Å². The van der Waals surface area contributed by atoms with E-state index in [-0.39, 0.29) is 5.91 Å². The molecule has 0 saturated carbocycles. The molecule has 0 aromatic carbocycles. The van der Waals surface area contributed by atoms with Crippen molar-refractivity contribution in [1.82, 2.24) is 15.5 Å². The summed E-state index contributed by atoms with van der Waals surface area (Å²) in [7, 11) is 0. The minimum absolute atomic E-state index is 0.188. The average Bonchev–Trinajstić information content (AvgIpc) is 2.47. The van der Waals surface area contributed by atoms with E-state index >= 15 is 0 Å². The van der Waals surface area contributed by atoms with Gasteiger partial charge in [-0.05, 0) is 22.9 Å². The summed E-state index contributed by atoms with van der Waals surface area (Å²) in [5, 5.41) is 8.99. The van der Waals surface area contributed by atoms with E-state index in [1.165, 1.54) is 6.20 Å². The fourth-order valence-corrected chi connectivity index (χ4v) is 1.12. The number of hydrogen-bond donors (Lipinski definition) is 2. The van der Waals surface area contributed by atoms with Crippen molar-refractivity contribution in [3.63, 3.8) is 0 Å². The van der Waals surface area contributed by atoms with Crippen molar-refractivity contribution in [1.29, 1.82) is 0 Å². The molecule has 2 N–H and O–H groups in total. The Kier molecular flexibility index (Phi) is 3.25. The van der Waals surface area contributed by atoms with Crippen LogP contribution in [0.1, 0.15) is 17.4 Å². The van der Waals surface area contributed by atoms with Crippen LogP contribution in [0.3, 0.4) is 0 Å². The molecule has 4 nitrogen and oxygen atoms in total. The van der Waals surface area contributed by atoms with Crippen molar-refractivity contribution in [2.75, 3.05) is 6.54 Å². The zero-order valence-corrected chi connectivity index (χ0v) is 8.81. The lowest BCUT2D eigenvalue weighted by molar-refractivity contribution is 0.0951. The lowest BCUT2D eigenvalue weighted by Crippen LogP contribution is -2.25. The minimum atomic E-state index is -0.188. The Morgan fingerprint density at radius 1 is 1.85 bits per heavy atom. The Hall–Kier alpha value is -1.10. The Morgan fingerprint density at radius 2 is 2.54 bits per heavy atom. The van der Waals surface area contributed by atoms with E-state index in [4.69, 9.17) is 0 Å². The molecule has 70 valence electrons. The number of carbonyl (C=O) groups is 1. The van der Waals surface area contributed by atoms with E-state index in [0.717, 1.165) is 5.57 Å². The van der Waals surface area contributed by atoms with Gasteiger partial charge < -0.3 is 5.32 Å². The standard InChI is InChI=1S/C8H10BrN3O/c1-5(2)3-10-8(13)7-6(9)4-11-12-7/h4H,1,3H2,2H3,(H,10,13)(H,11,12). The molecule has 5 heteroatoms. The van der Waals surface area contributed by atoms with Crippen LogP contribution in [-0.4, -0.2) is 22.6 Å². The first-order chi connectivity index (χ1) is 6.11. The molecular weight excluding hydrogens is 234 g/mol. The maximum Gasteiger partial charge on any atom is 0.270 e. The van der Waals surface area contributed by atoms with Crippen molar-refractivity contribution in [2.24, 2.45) is 0 Å². The molecule has 0 aliphatic heterocycles. The number of hydrogen-bond acceptors (Lipinski definition) is 2. The van der Waals surface area contributed by atoms with E-state index in [9.17, 15) is 4.79 Å². The van der Waals surface area contributed by atoms with Crippen LogP contribution in [-0.2, 0) is 0 Å². The Morgan fingerprint density at radius 3 is 3.00 bits per heavy atom. The molecule has 1 heterocycles. The molecular formula is C8H10BrN3O. The molecule has 0 atom stereocenters. The molecule has 1 amide bonds. The molecule has 0 fully saturated rings. The molecule has 13 heavy (non-hydrogen) atoms. The second-order valence-electron chi connectivity index (χ2n) is 2.73. The molecule has 0 aliphatic rings. The molecule has 1 aromatic heterocycles. The van der Waals surface area contributed by atoms with Gasteiger partial charge in [-0.25, -0.2) is 0 Å². The third kappa shape index (κ3) is 2.69. The number of nitrogens with one attached hydrogen (secondary N) is 2. The van der Waals surface area contributed by atoms with Gasteiger partial charge in [0.15, 0.2) is 0 Å². The molecule has 1 aromatic rings. The summed E-state index contributed by atoms with van der Waals surface area (Å²) < 4.78 is 0.659. The summed E-state index contributed by atoms with van der Waals surface area (Å²) in [6.07, 6.45) is 1.54. The molecule has 0 bridgehead atoms. The van der Waals surface area contributed by atoms with Crippen molar-refractivity contribution < 1.29 is 4.79 Å². The minimum Gasteiger partial charge on any atom is -0.347 e. The van der Waals surface area contributed by atoms with Gasteiger partial charge in [0.2, 0.25) is 0 Å². The number of rotatable bonds is 3. The molecule has 0 aliphatic carbocycles. The predicted molar refractivity (Wildman–Crippen MR) is 53.4 cm³/mol. The quantitative estimate of drug-likeness (QED) is 0.791. The predicted octanol–water partition coefficient (Wildman–Crippen LogP) is 1.48. The van der Waals surface area contributed by atoms with Gasteiger partial charge in [0.05, 0.1) is 10.7 Å². The van der Waals surface area contributed by atoms with Crippen LogP contribution in [0.15, 0.2) is 22.8 Å². The Balaban J connectivity index is 2.59. The fraction of sp³-hybridized carbons (Fsp3) is 0.250. The molecule has 0 unspecified atom stereocenters. The van der Waals surface area contributed by atoms with Crippen molar-refractivity contribution in [3.8, 4) is 0 Å². The van der Waals surface area contributed by atoms with Gasteiger partial charge in [0, 0.05) is 6.54 Å². The van der Waals surface area contributed by atoms with Crippen LogP contribution in [0.25, 0.3) is 0 Å². The molecule has 0 saturated heterocycles. The van der Waals surface area contributed by atoms with E-state index in [1.54, 1.807) is 0 Å². The van der Waals surface area contributed by atoms with Gasteiger partial charge in [-0.1, -0.05) is 12.2 Å². The summed E-state index contributed by atoms with van der Waals surface area (Å²) in [5.74, 6) is -0.188. The number of halogens is 1. The highest BCUT2D eigenvalue weighted by molar-refractivity contribution is 9.10. The van der Waals surface area contributed by atoms with Gasteiger partial charge >= 0.3 is 0 Å². The topological polar surface area (TPSA) is 57.8 Å². The summed E-state index contributed by atoms with van der Waals surface area (Å²) >= 11 is 3.20. The molecule has 0 radical (unpaired) electrons. The highest BCUT2D eigenvalue weighted by atomic mass is 79.9. The highest BCUT2D eigenvalue weighted by Gasteiger charge is 2.10. The highest BCUT2D eigenvalue weighted by Crippen LogP contribution is 2.11. The number of H-pyrrole nitrogens is 1. The smallest absolute Gasteiger partial charge is 0.270 e. The first-order valence-corrected chi connectivity index (χ1v) is 4.52. The van der Waals surface area contributed by atoms with E-state index in [0.29, 0.717) is 16.7 Å². The second-order valence-corrected chi connectivity index (χ2v) is 3.59. The Bertz CT molecular complexity index is 332. The third-order valence-corrected chi connectivity index (χ3v) is 1.97. The number of amides is 1. The maximum atomic E-state index is 11.4. The van der Waals surface area contributed by atoms with Crippen LogP contribution in [0.4, 0.5) is 0 Å². The largest absolute Gasteiger partial charge is 0.347 e. The van der Waals surface area contributed by atoms with Crippen molar-refractivity contribution >= 4 is 21.8 Å². The maximum absolute atomic E-state index is 11.4. The van der Waals surface area contributed by atoms with E-state index < -0.39 is 0 Å². The zero-order valence-electron chi connectivity index (χ0n) is 7.22. The van der Waals surface area contributed by atoms with Crippen LogP contribution in [0, 0.1) is 0 Å². The van der Waals surface area contributed by atoms with Gasteiger partial charge in [-0.3, -0.25) is 9.89 Å². The van der Waals surface area contributed by atoms with Gasteiger partial charge in [0.25, 0.3) is 5.91 Å². The van der Waals surface area contributed by atoms with Crippen LogP contribution < -0.4 is 5.32 Å². The lowest BCUT2D eigenvalue weighted by Gasteiger charge is -2.02. The summed E-state index contributed by atoms with van der Waals surface area (Å²) in [6, 6.07) is 0. The van der Waals surface area contributed by atoms with Crippen LogP contribution >= 0.6 is 15.9 Å². The Labute approximate surface area is 84.5 Å².